The number of sulfonamides is 1. The lowest BCUT2D eigenvalue weighted by atomic mass is 9.85. The lowest BCUT2D eigenvalue weighted by Gasteiger charge is -2.30. The van der Waals surface area contributed by atoms with Gasteiger partial charge in [-0.1, -0.05) is 13.8 Å². The Labute approximate surface area is 124 Å². The Hall–Kier alpha value is -1.65. The molecule has 7 heteroatoms. The van der Waals surface area contributed by atoms with Gasteiger partial charge < -0.3 is 4.74 Å². The second-order valence-corrected chi connectivity index (χ2v) is 6.67. The first kappa shape index (κ1) is 17.4. The number of ether oxygens (including phenoxy) is 1. The van der Waals surface area contributed by atoms with Crippen molar-refractivity contribution in [2.75, 3.05) is 12.4 Å². The third-order valence-corrected chi connectivity index (χ3v) is 4.62. The van der Waals surface area contributed by atoms with Crippen LogP contribution in [-0.2, 0) is 10.0 Å². The molecule has 1 aromatic carbocycles. The number of primary sulfonamides is 1. The van der Waals surface area contributed by atoms with E-state index in [1.807, 2.05) is 19.9 Å². The number of benzene rings is 1. The summed E-state index contributed by atoms with van der Waals surface area (Å²) >= 11 is 0. The topological polar surface area (TPSA) is 93.2 Å². The summed E-state index contributed by atoms with van der Waals surface area (Å²) in [6.07, 6.45) is 1.08. The SMILES string of the molecule is CCC(CC)(COc1ccc(C#N)cc1F)CS(N)(=O)=O. The second-order valence-electron chi connectivity index (χ2n) is 5.06. The Kier molecular flexibility index (Phi) is 5.70. The highest BCUT2D eigenvalue weighted by Crippen LogP contribution is 2.30. The van der Waals surface area contributed by atoms with Crippen LogP contribution in [-0.4, -0.2) is 20.8 Å². The van der Waals surface area contributed by atoms with Crippen LogP contribution in [0.25, 0.3) is 0 Å². The molecule has 1 rings (SSSR count). The predicted octanol–water partition coefficient (Wildman–Crippen LogP) is 2.17. The van der Waals surface area contributed by atoms with Gasteiger partial charge in [0.1, 0.15) is 0 Å². The van der Waals surface area contributed by atoms with Gasteiger partial charge in [0.2, 0.25) is 10.0 Å². The molecule has 0 aliphatic heterocycles. The highest BCUT2D eigenvalue weighted by molar-refractivity contribution is 7.89. The summed E-state index contributed by atoms with van der Waals surface area (Å²) in [5.74, 6) is -0.870. The molecule has 0 atom stereocenters. The minimum Gasteiger partial charge on any atom is -0.490 e. The molecule has 0 saturated heterocycles. The first-order valence-electron chi connectivity index (χ1n) is 6.58. The monoisotopic (exact) mass is 314 g/mol. The van der Waals surface area contributed by atoms with Crippen molar-refractivity contribution >= 4 is 10.0 Å². The van der Waals surface area contributed by atoms with Gasteiger partial charge in [-0.05, 0) is 31.0 Å². The van der Waals surface area contributed by atoms with E-state index in [1.54, 1.807) is 0 Å². The molecule has 0 spiro atoms. The van der Waals surface area contributed by atoms with E-state index in [1.165, 1.54) is 12.1 Å². The van der Waals surface area contributed by atoms with Gasteiger partial charge in [-0.25, -0.2) is 17.9 Å². The molecule has 0 radical (unpaired) electrons. The van der Waals surface area contributed by atoms with Gasteiger partial charge in [0, 0.05) is 5.41 Å². The Bertz CT molecular complexity index is 634. The summed E-state index contributed by atoms with van der Waals surface area (Å²) in [5.41, 5.74) is -0.463. The van der Waals surface area contributed by atoms with Gasteiger partial charge in [0.05, 0.1) is 24.0 Å². The Morgan fingerprint density at radius 3 is 2.43 bits per heavy atom. The summed E-state index contributed by atoms with van der Waals surface area (Å²) in [5, 5.41) is 13.8. The molecule has 0 saturated carbocycles. The van der Waals surface area contributed by atoms with Gasteiger partial charge in [-0.15, -0.1) is 0 Å². The third kappa shape index (κ3) is 4.99. The highest BCUT2D eigenvalue weighted by Gasteiger charge is 2.32. The summed E-state index contributed by atoms with van der Waals surface area (Å²) < 4.78 is 41.8. The maximum absolute atomic E-state index is 13.7. The van der Waals surface area contributed by atoms with Crippen molar-refractivity contribution in [3.63, 3.8) is 0 Å². The maximum atomic E-state index is 13.7. The second kappa shape index (κ2) is 6.87. The Morgan fingerprint density at radius 1 is 1.38 bits per heavy atom. The van der Waals surface area contributed by atoms with E-state index < -0.39 is 21.3 Å². The quantitative estimate of drug-likeness (QED) is 0.834. The van der Waals surface area contributed by atoms with Crippen molar-refractivity contribution in [2.45, 2.75) is 26.7 Å². The first-order chi connectivity index (χ1) is 9.75. The van der Waals surface area contributed by atoms with Crippen LogP contribution in [0.15, 0.2) is 18.2 Å². The zero-order valence-electron chi connectivity index (χ0n) is 12.1. The lowest BCUT2D eigenvalue weighted by molar-refractivity contribution is 0.150. The van der Waals surface area contributed by atoms with Crippen LogP contribution >= 0.6 is 0 Å². The van der Waals surface area contributed by atoms with E-state index in [-0.39, 0.29) is 23.7 Å². The predicted molar refractivity (Wildman–Crippen MR) is 77.6 cm³/mol. The molecule has 0 heterocycles. The van der Waals surface area contributed by atoms with Gasteiger partial charge in [0.25, 0.3) is 0 Å². The van der Waals surface area contributed by atoms with Crippen molar-refractivity contribution in [1.82, 2.24) is 0 Å². The molecular formula is C14H19FN2O3S. The van der Waals surface area contributed by atoms with Crippen LogP contribution in [0, 0.1) is 22.6 Å². The van der Waals surface area contributed by atoms with Crippen molar-refractivity contribution in [2.24, 2.45) is 10.6 Å². The molecule has 116 valence electrons. The van der Waals surface area contributed by atoms with Crippen molar-refractivity contribution < 1.29 is 17.5 Å². The number of nitrogens with two attached hydrogens (primary N) is 1. The molecule has 0 fully saturated rings. The van der Waals surface area contributed by atoms with Crippen molar-refractivity contribution in [1.29, 1.82) is 5.26 Å². The average molecular weight is 314 g/mol. The lowest BCUT2D eigenvalue weighted by Crippen LogP contribution is -2.37. The van der Waals surface area contributed by atoms with Crippen LogP contribution < -0.4 is 9.88 Å². The Balaban J connectivity index is 2.90. The number of nitriles is 1. The number of nitrogens with zero attached hydrogens (tertiary/aromatic N) is 1. The van der Waals surface area contributed by atoms with Crippen LogP contribution in [0.1, 0.15) is 32.3 Å². The summed E-state index contributed by atoms with van der Waals surface area (Å²) in [6, 6.07) is 5.71. The normalized spacial score (nSPS) is 12.0. The molecular weight excluding hydrogens is 295 g/mol. The minimum absolute atomic E-state index is 0.00491. The van der Waals surface area contributed by atoms with Gasteiger partial charge in [-0.3, -0.25) is 0 Å². The summed E-state index contributed by atoms with van der Waals surface area (Å²) in [7, 11) is -3.65. The van der Waals surface area contributed by atoms with Crippen LogP contribution in [0.4, 0.5) is 4.39 Å². The highest BCUT2D eigenvalue weighted by atomic mass is 32.2. The largest absolute Gasteiger partial charge is 0.490 e. The average Bonchev–Trinajstić information content (AvgIpc) is 2.43. The third-order valence-electron chi connectivity index (χ3n) is 3.60. The fraction of sp³-hybridized carbons (Fsp3) is 0.500. The molecule has 5 nitrogen and oxygen atoms in total. The van der Waals surface area contributed by atoms with Crippen LogP contribution in [0.2, 0.25) is 0 Å². The number of hydrogen-bond donors (Lipinski definition) is 1. The Morgan fingerprint density at radius 2 is 2.00 bits per heavy atom. The molecule has 0 unspecified atom stereocenters. The van der Waals surface area contributed by atoms with Gasteiger partial charge in [0.15, 0.2) is 11.6 Å². The number of rotatable bonds is 7. The van der Waals surface area contributed by atoms with E-state index in [9.17, 15) is 12.8 Å². The van der Waals surface area contributed by atoms with E-state index in [2.05, 4.69) is 0 Å². The minimum atomic E-state index is -3.65. The summed E-state index contributed by atoms with van der Waals surface area (Å²) in [6.45, 7) is 3.72. The van der Waals surface area contributed by atoms with E-state index in [0.29, 0.717) is 12.8 Å². The molecule has 2 N–H and O–H groups in total. The fourth-order valence-corrected chi connectivity index (χ4v) is 3.39. The first-order valence-corrected chi connectivity index (χ1v) is 8.29. The van der Waals surface area contributed by atoms with Crippen LogP contribution in [0.3, 0.4) is 0 Å². The zero-order chi connectivity index (χ0) is 16.1. The van der Waals surface area contributed by atoms with Crippen molar-refractivity contribution in [3.05, 3.63) is 29.6 Å². The van der Waals surface area contributed by atoms with E-state index in [0.717, 1.165) is 6.07 Å². The van der Waals surface area contributed by atoms with Gasteiger partial charge in [-0.2, -0.15) is 5.26 Å². The molecule has 0 aliphatic rings. The fourth-order valence-electron chi connectivity index (χ4n) is 2.04. The molecule has 0 amide bonds. The van der Waals surface area contributed by atoms with E-state index in [4.69, 9.17) is 15.1 Å². The standard InChI is InChI=1S/C14H19FN2O3S/c1-3-14(4-2,10-21(17,18)19)9-20-13-6-5-11(8-16)7-12(13)15/h5-7H,3-4,9-10H2,1-2H3,(H2,17,18,19). The molecule has 0 aliphatic carbocycles. The zero-order valence-corrected chi connectivity index (χ0v) is 12.9. The van der Waals surface area contributed by atoms with Crippen LogP contribution in [0.5, 0.6) is 5.75 Å². The molecule has 1 aromatic rings. The van der Waals surface area contributed by atoms with Gasteiger partial charge >= 0.3 is 0 Å². The number of halogens is 1. The molecule has 21 heavy (non-hydrogen) atoms. The summed E-state index contributed by atoms with van der Waals surface area (Å²) in [4.78, 5) is 0. The maximum Gasteiger partial charge on any atom is 0.209 e. The molecule has 0 aromatic heterocycles. The van der Waals surface area contributed by atoms with Crippen molar-refractivity contribution in [3.8, 4) is 11.8 Å². The molecule has 0 bridgehead atoms. The van der Waals surface area contributed by atoms with E-state index >= 15 is 0 Å². The smallest absolute Gasteiger partial charge is 0.209 e. The number of hydrogen-bond acceptors (Lipinski definition) is 4.